The standard InChI is InChI=1S/C24H27N3O5/c28-15-20(14-19-11-12-25-22(19)29)26-23(30)21(13-17-7-3-1-4-8-17)27-24(31)32-16-18-9-5-2-6-10-18/h1-10,15,19-21H,11-14,16H2,(H,25,29)(H,26,30)(H,27,31)/t19?,20-,21-/m0/s1. The summed E-state index contributed by atoms with van der Waals surface area (Å²) in [7, 11) is 0. The quantitative estimate of drug-likeness (QED) is 0.490. The van der Waals surface area contributed by atoms with E-state index in [1.54, 1.807) is 0 Å². The zero-order chi connectivity index (χ0) is 22.8. The van der Waals surface area contributed by atoms with Crippen LogP contribution in [0.3, 0.4) is 0 Å². The number of amides is 3. The van der Waals surface area contributed by atoms with Gasteiger partial charge in [-0.2, -0.15) is 0 Å². The lowest BCUT2D eigenvalue weighted by Crippen LogP contribution is -2.51. The number of nitrogens with one attached hydrogen (secondary N) is 3. The Balaban J connectivity index is 1.62. The number of rotatable bonds is 10. The molecule has 3 atom stereocenters. The van der Waals surface area contributed by atoms with Gasteiger partial charge in [0.15, 0.2) is 0 Å². The van der Waals surface area contributed by atoms with Crippen molar-refractivity contribution in [2.75, 3.05) is 6.54 Å². The van der Waals surface area contributed by atoms with Gasteiger partial charge < -0.3 is 25.5 Å². The number of carbonyl (C=O) groups is 4. The van der Waals surface area contributed by atoms with E-state index in [1.165, 1.54) is 0 Å². The Labute approximate surface area is 186 Å². The monoisotopic (exact) mass is 437 g/mol. The Kier molecular flexibility index (Phi) is 8.36. The van der Waals surface area contributed by atoms with Crippen LogP contribution in [-0.2, 0) is 32.1 Å². The smallest absolute Gasteiger partial charge is 0.408 e. The summed E-state index contributed by atoms with van der Waals surface area (Å²) in [5, 5.41) is 7.98. The van der Waals surface area contributed by atoms with Gasteiger partial charge in [0.05, 0.1) is 6.04 Å². The van der Waals surface area contributed by atoms with Gasteiger partial charge in [-0.05, 0) is 24.0 Å². The van der Waals surface area contributed by atoms with Gasteiger partial charge in [-0.3, -0.25) is 9.59 Å². The maximum Gasteiger partial charge on any atom is 0.408 e. The van der Waals surface area contributed by atoms with Crippen LogP contribution in [-0.4, -0.2) is 42.8 Å². The number of carbonyl (C=O) groups excluding carboxylic acids is 4. The largest absolute Gasteiger partial charge is 0.445 e. The highest BCUT2D eigenvalue weighted by molar-refractivity contribution is 5.88. The van der Waals surface area contributed by atoms with Gasteiger partial charge >= 0.3 is 6.09 Å². The summed E-state index contributed by atoms with van der Waals surface area (Å²) in [6.07, 6.45) is 0.954. The summed E-state index contributed by atoms with van der Waals surface area (Å²) in [4.78, 5) is 48.7. The van der Waals surface area contributed by atoms with Crippen LogP contribution in [0.2, 0.25) is 0 Å². The van der Waals surface area contributed by atoms with E-state index in [1.807, 2.05) is 60.7 Å². The fourth-order valence-electron chi connectivity index (χ4n) is 3.57. The molecule has 0 aromatic heterocycles. The van der Waals surface area contributed by atoms with Gasteiger partial charge in [0.25, 0.3) is 0 Å². The van der Waals surface area contributed by atoms with Crippen molar-refractivity contribution < 1.29 is 23.9 Å². The SMILES string of the molecule is O=C[C@H](CC1CCNC1=O)NC(=O)[C@H](Cc1ccccc1)NC(=O)OCc1ccccc1. The average Bonchev–Trinajstić information content (AvgIpc) is 3.22. The first-order valence-corrected chi connectivity index (χ1v) is 10.6. The normalized spacial score (nSPS) is 17.0. The molecule has 2 aromatic rings. The lowest BCUT2D eigenvalue weighted by molar-refractivity contribution is -0.127. The average molecular weight is 437 g/mol. The van der Waals surface area contributed by atoms with Gasteiger partial charge in [-0.15, -0.1) is 0 Å². The van der Waals surface area contributed by atoms with Crippen LogP contribution in [0.15, 0.2) is 60.7 Å². The van der Waals surface area contributed by atoms with Crippen LogP contribution in [0.5, 0.6) is 0 Å². The van der Waals surface area contributed by atoms with E-state index in [4.69, 9.17) is 4.74 Å². The maximum atomic E-state index is 12.9. The molecular weight excluding hydrogens is 410 g/mol. The molecule has 1 unspecified atom stereocenters. The van der Waals surface area contributed by atoms with Crippen molar-refractivity contribution in [2.24, 2.45) is 5.92 Å². The zero-order valence-corrected chi connectivity index (χ0v) is 17.7. The maximum absolute atomic E-state index is 12.9. The molecule has 8 heteroatoms. The molecule has 3 rings (SSSR count). The van der Waals surface area contributed by atoms with Crippen molar-refractivity contribution in [1.82, 2.24) is 16.0 Å². The molecule has 1 aliphatic heterocycles. The molecule has 1 fully saturated rings. The van der Waals surface area contributed by atoms with Gasteiger partial charge in [0.1, 0.15) is 18.9 Å². The minimum atomic E-state index is -0.944. The van der Waals surface area contributed by atoms with E-state index in [-0.39, 0.29) is 31.3 Å². The molecule has 1 aliphatic rings. The highest BCUT2D eigenvalue weighted by atomic mass is 16.5. The molecule has 3 amide bonds. The zero-order valence-electron chi connectivity index (χ0n) is 17.7. The van der Waals surface area contributed by atoms with Crippen molar-refractivity contribution in [3.8, 4) is 0 Å². The number of alkyl carbamates (subject to hydrolysis) is 1. The molecular formula is C24H27N3O5. The van der Waals surface area contributed by atoms with E-state index in [9.17, 15) is 19.2 Å². The molecule has 1 saturated heterocycles. The Morgan fingerprint density at radius 2 is 1.69 bits per heavy atom. The summed E-state index contributed by atoms with van der Waals surface area (Å²) in [6, 6.07) is 16.7. The third-order valence-electron chi connectivity index (χ3n) is 5.30. The van der Waals surface area contributed by atoms with Crippen LogP contribution in [0.1, 0.15) is 24.0 Å². The Morgan fingerprint density at radius 1 is 1.03 bits per heavy atom. The molecule has 0 aliphatic carbocycles. The molecule has 8 nitrogen and oxygen atoms in total. The van der Waals surface area contributed by atoms with Gasteiger partial charge in [0, 0.05) is 18.9 Å². The highest BCUT2D eigenvalue weighted by Gasteiger charge is 2.30. The Bertz CT molecular complexity index is 920. The minimum Gasteiger partial charge on any atom is -0.445 e. The van der Waals surface area contributed by atoms with Crippen molar-refractivity contribution in [1.29, 1.82) is 0 Å². The van der Waals surface area contributed by atoms with Crippen molar-refractivity contribution in [2.45, 2.75) is 38.0 Å². The Hall–Kier alpha value is -3.68. The van der Waals surface area contributed by atoms with Gasteiger partial charge in [-0.1, -0.05) is 60.7 Å². The number of aldehydes is 1. The predicted octanol–water partition coefficient (Wildman–Crippen LogP) is 1.73. The van der Waals surface area contributed by atoms with Crippen LogP contribution >= 0.6 is 0 Å². The lowest BCUT2D eigenvalue weighted by atomic mass is 9.98. The molecule has 0 radical (unpaired) electrons. The molecule has 0 saturated carbocycles. The first-order chi connectivity index (χ1) is 15.5. The van der Waals surface area contributed by atoms with Gasteiger partial charge in [0.2, 0.25) is 11.8 Å². The molecule has 2 aromatic carbocycles. The third-order valence-corrected chi connectivity index (χ3v) is 5.30. The van der Waals surface area contributed by atoms with Crippen LogP contribution in [0, 0.1) is 5.92 Å². The second-order valence-corrected chi connectivity index (χ2v) is 7.71. The van der Waals surface area contributed by atoms with E-state index in [0.29, 0.717) is 19.3 Å². The third kappa shape index (κ3) is 6.94. The fraction of sp³-hybridized carbons (Fsp3) is 0.333. The van der Waals surface area contributed by atoms with Crippen molar-refractivity contribution in [3.63, 3.8) is 0 Å². The topological polar surface area (TPSA) is 114 Å². The minimum absolute atomic E-state index is 0.0695. The van der Waals surface area contributed by atoms with E-state index < -0.39 is 24.1 Å². The van der Waals surface area contributed by atoms with Gasteiger partial charge in [-0.25, -0.2) is 4.79 Å². The van der Waals surface area contributed by atoms with Crippen molar-refractivity contribution in [3.05, 3.63) is 71.8 Å². The van der Waals surface area contributed by atoms with Crippen molar-refractivity contribution >= 4 is 24.2 Å². The molecule has 0 spiro atoms. The summed E-state index contributed by atoms with van der Waals surface area (Å²) < 4.78 is 5.25. The van der Waals surface area contributed by atoms with E-state index in [0.717, 1.165) is 11.1 Å². The van der Waals surface area contributed by atoms with Crippen LogP contribution in [0.25, 0.3) is 0 Å². The van der Waals surface area contributed by atoms with E-state index in [2.05, 4.69) is 16.0 Å². The summed E-state index contributed by atoms with van der Waals surface area (Å²) in [6.45, 7) is 0.634. The fourth-order valence-corrected chi connectivity index (χ4v) is 3.57. The summed E-state index contributed by atoms with van der Waals surface area (Å²) in [5.74, 6) is -0.947. The number of ether oxygens (including phenoxy) is 1. The predicted molar refractivity (Wildman–Crippen MR) is 117 cm³/mol. The number of benzene rings is 2. The molecule has 168 valence electrons. The Morgan fingerprint density at radius 3 is 2.28 bits per heavy atom. The first-order valence-electron chi connectivity index (χ1n) is 10.6. The summed E-state index contributed by atoms with van der Waals surface area (Å²) in [5.41, 5.74) is 1.66. The second kappa shape index (κ2) is 11.6. The van der Waals surface area contributed by atoms with E-state index >= 15 is 0 Å². The molecule has 32 heavy (non-hydrogen) atoms. The number of hydrogen-bond donors (Lipinski definition) is 3. The van der Waals surface area contributed by atoms with Crippen LogP contribution < -0.4 is 16.0 Å². The second-order valence-electron chi connectivity index (χ2n) is 7.71. The number of hydrogen-bond acceptors (Lipinski definition) is 5. The lowest BCUT2D eigenvalue weighted by Gasteiger charge is -2.22. The molecule has 0 bridgehead atoms. The summed E-state index contributed by atoms with van der Waals surface area (Å²) >= 11 is 0. The van der Waals surface area contributed by atoms with Crippen LogP contribution in [0.4, 0.5) is 4.79 Å². The molecule has 1 heterocycles. The molecule has 3 N–H and O–H groups in total. The first kappa shape index (κ1) is 23.0. The highest BCUT2D eigenvalue weighted by Crippen LogP contribution is 2.15.